The lowest BCUT2D eigenvalue weighted by Crippen LogP contribution is -2.29. The Morgan fingerprint density at radius 1 is 1.60 bits per heavy atom. The van der Waals surface area contributed by atoms with E-state index in [0.29, 0.717) is 6.04 Å². The molecule has 3 nitrogen and oxygen atoms in total. The van der Waals surface area contributed by atoms with Crippen LogP contribution in [-0.4, -0.2) is 36.6 Å². The third-order valence-corrected chi connectivity index (χ3v) is 3.44. The van der Waals surface area contributed by atoms with E-state index < -0.39 is 0 Å². The molecule has 1 aliphatic heterocycles. The second kappa shape index (κ2) is 4.81. The normalized spacial score (nSPS) is 23.5. The molecule has 2 N–H and O–H groups in total. The predicted octanol–water partition coefficient (Wildman–Crippen LogP) is 1.62. The zero-order chi connectivity index (χ0) is 10.7. The van der Waals surface area contributed by atoms with Crippen LogP contribution in [0.5, 0.6) is 0 Å². The molecule has 0 amide bonds. The quantitative estimate of drug-likeness (QED) is 0.786. The van der Waals surface area contributed by atoms with Crippen LogP contribution in [0.1, 0.15) is 25.1 Å². The van der Waals surface area contributed by atoms with Gasteiger partial charge in [-0.25, -0.2) is 0 Å². The maximum absolute atomic E-state index is 3.42. The van der Waals surface area contributed by atoms with Gasteiger partial charge in [0, 0.05) is 24.5 Å². The summed E-state index contributed by atoms with van der Waals surface area (Å²) in [7, 11) is 2.21. The molecule has 1 aromatic rings. The number of rotatable bonds is 4. The molecule has 1 aliphatic rings. The minimum Gasteiger partial charge on any atom is -0.364 e. The Morgan fingerprint density at radius 3 is 3.07 bits per heavy atom. The van der Waals surface area contributed by atoms with Crippen molar-refractivity contribution >= 4 is 0 Å². The van der Waals surface area contributed by atoms with Crippen LogP contribution in [0.3, 0.4) is 0 Å². The van der Waals surface area contributed by atoms with Gasteiger partial charge in [0.15, 0.2) is 0 Å². The minimum absolute atomic E-state index is 0.487. The number of nitrogens with one attached hydrogen (secondary N) is 2. The van der Waals surface area contributed by atoms with Crippen LogP contribution in [-0.2, 0) is 0 Å². The van der Waals surface area contributed by atoms with E-state index in [9.17, 15) is 0 Å². The molecule has 1 saturated heterocycles. The third kappa shape index (κ3) is 2.61. The number of hydrogen-bond acceptors (Lipinski definition) is 2. The van der Waals surface area contributed by atoms with Crippen molar-refractivity contribution in [3.63, 3.8) is 0 Å². The van der Waals surface area contributed by atoms with Crippen LogP contribution in [0.15, 0.2) is 18.3 Å². The molecule has 2 rings (SSSR count). The smallest absolute Gasteiger partial charge is 0.0467 e. The number of aromatic nitrogens is 1. The lowest BCUT2D eigenvalue weighted by atomic mass is 10.1. The van der Waals surface area contributed by atoms with Crippen molar-refractivity contribution < 1.29 is 0 Å². The van der Waals surface area contributed by atoms with Crippen LogP contribution in [0.25, 0.3) is 0 Å². The largest absolute Gasteiger partial charge is 0.364 e. The van der Waals surface area contributed by atoms with Gasteiger partial charge in [-0.3, -0.25) is 4.90 Å². The molecule has 2 atom stereocenters. The highest BCUT2D eigenvalue weighted by Crippen LogP contribution is 2.19. The average Bonchev–Trinajstić information content (AvgIpc) is 2.88. The summed E-state index contributed by atoms with van der Waals surface area (Å²) in [4.78, 5) is 5.72. The van der Waals surface area contributed by atoms with E-state index in [2.05, 4.69) is 41.3 Å². The summed E-state index contributed by atoms with van der Waals surface area (Å²) in [6, 6.07) is 4.71. The van der Waals surface area contributed by atoms with Crippen molar-refractivity contribution in [3.05, 3.63) is 24.0 Å². The van der Waals surface area contributed by atoms with Gasteiger partial charge >= 0.3 is 0 Å². The van der Waals surface area contributed by atoms with Crippen molar-refractivity contribution in [1.29, 1.82) is 0 Å². The van der Waals surface area contributed by atoms with Crippen LogP contribution in [0, 0.1) is 5.92 Å². The Labute approximate surface area is 91.9 Å². The Hall–Kier alpha value is -0.800. The summed E-state index contributed by atoms with van der Waals surface area (Å²) in [5, 5.41) is 3.42. The summed E-state index contributed by atoms with van der Waals surface area (Å²) >= 11 is 0. The zero-order valence-electron chi connectivity index (χ0n) is 9.66. The van der Waals surface area contributed by atoms with E-state index in [0.717, 1.165) is 5.92 Å². The Kier molecular flexibility index (Phi) is 3.44. The molecule has 0 radical (unpaired) electrons. The lowest BCUT2D eigenvalue weighted by Gasteiger charge is -2.26. The summed E-state index contributed by atoms with van der Waals surface area (Å²) in [5.41, 5.74) is 1.31. The first-order valence-electron chi connectivity index (χ1n) is 5.81. The highest BCUT2D eigenvalue weighted by Gasteiger charge is 2.19. The van der Waals surface area contributed by atoms with E-state index in [1.165, 1.54) is 31.7 Å². The number of H-pyrrole nitrogens is 1. The first kappa shape index (κ1) is 10.7. The second-order valence-electron chi connectivity index (χ2n) is 4.60. The predicted molar refractivity (Wildman–Crippen MR) is 62.8 cm³/mol. The van der Waals surface area contributed by atoms with Gasteiger partial charge in [0.25, 0.3) is 0 Å². The van der Waals surface area contributed by atoms with Crippen molar-refractivity contribution in [2.75, 3.05) is 26.7 Å². The molecule has 3 heteroatoms. The molecular weight excluding hydrogens is 186 g/mol. The molecule has 84 valence electrons. The highest BCUT2D eigenvalue weighted by atomic mass is 15.1. The first-order valence-corrected chi connectivity index (χ1v) is 5.81. The average molecular weight is 207 g/mol. The van der Waals surface area contributed by atoms with Gasteiger partial charge in [-0.1, -0.05) is 0 Å². The standard InChI is InChI=1S/C12H21N3/c1-10(12-4-3-6-14-12)15(2)9-11-5-7-13-8-11/h3-4,6,10-11,13-14H,5,7-9H2,1-2H3/t10-,11-/m0/s1. The van der Waals surface area contributed by atoms with E-state index in [1.807, 2.05) is 6.20 Å². The van der Waals surface area contributed by atoms with E-state index in [4.69, 9.17) is 0 Å². The Morgan fingerprint density at radius 2 is 2.47 bits per heavy atom. The van der Waals surface area contributed by atoms with Gasteiger partial charge in [-0.2, -0.15) is 0 Å². The van der Waals surface area contributed by atoms with Gasteiger partial charge in [-0.05, 0) is 51.5 Å². The van der Waals surface area contributed by atoms with Crippen LogP contribution in [0.4, 0.5) is 0 Å². The van der Waals surface area contributed by atoms with Gasteiger partial charge in [0.2, 0.25) is 0 Å². The highest BCUT2D eigenvalue weighted by molar-refractivity contribution is 5.08. The van der Waals surface area contributed by atoms with Crippen LogP contribution in [0.2, 0.25) is 0 Å². The molecule has 2 heterocycles. The number of aromatic amines is 1. The summed E-state index contributed by atoms with van der Waals surface area (Å²) in [6.45, 7) is 5.82. The van der Waals surface area contributed by atoms with Gasteiger partial charge in [0.1, 0.15) is 0 Å². The minimum atomic E-state index is 0.487. The molecule has 0 bridgehead atoms. The maximum Gasteiger partial charge on any atom is 0.0467 e. The molecule has 1 fully saturated rings. The fourth-order valence-corrected chi connectivity index (χ4v) is 2.28. The van der Waals surface area contributed by atoms with Gasteiger partial charge in [0.05, 0.1) is 0 Å². The molecular formula is C12H21N3. The van der Waals surface area contributed by atoms with E-state index in [-0.39, 0.29) is 0 Å². The topological polar surface area (TPSA) is 31.1 Å². The lowest BCUT2D eigenvalue weighted by molar-refractivity contribution is 0.223. The summed E-state index contributed by atoms with van der Waals surface area (Å²) < 4.78 is 0. The molecule has 0 aromatic carbocycles. The fraction of sp³-hybridized carbons (Fsp3) is 0.667. The van der Waals surface area contributed by atoms with E-state index in [1.54, 1.807) is 0 Å². The number of nitrogens with zero attached hydrogens (tertiary/aromatic N) is 1. The molecule has 0 aliphatic carbocycles. The second-order valence-corrected chi connectivity index (χ2v) is 4.60. The summed E-state index contributed by atoms with van der Waals surface area (Å²) in [5.74, 6) is 0.826. The fourth-order valence-electron chi connectivity index (χ4n) is 2.28. The third-order valence-electron chi connectivity index (χ3n) is 3.44. The van der Waals surface area contributed by atoms with E-state index >= 15 is 0 Å². The monoisotopic (exact) mass is 207 g/mol. The van der Waals surface area contributed by atoms with Crippen molar-refractivity contribution in [2.45, 2.75) is 19.4 Å². The first-order chi connectivity index (χ1) is 7.27. The Bertz CT molecular complexity index is 275. The van der Waals surface area contributed by atoms with Crippen LogP contribution < -0.4 is 5.32 Å². The molecule has 0 spiro atoms. The molecule has 0 saturated carbocycles. The zero-order valence-corrected chi connectivity index (χ0v) is 9.66. The van der Waals surface area contributed by atoms with Crippen LogP contribution >= 0.6 is 0 Å². The van der Waals surface area contributed by atoms with Gasteiger partial charge in [-0.15, -0.1) is 0 Å². The molecule has 0 unspecified atom stereocenters. The summed E-state index contributed by atoms with van der Waals surface area (Å²) in [6.07, 6.45) is 3.32. The maximum atomic E-state index is 3.42. The molecule has 1 aromatic heterocycles. The molecule has 15 heavy (non-hydrogen) atoms. The van der Waals surface area contributed by atoms with Gasteiger partial charge < -0.3 is 10.3 Å². The number of hydrogen-bond donors (Lipinski definition) is 2. The Balaban J connectivity index is 1.87. The van der Waals surface area contributed by atoms with Crippen molar-refractivity contribution in [3.8, 4) is 0 Å². The van der Waals surface area contributed by atoms with Crippen molar-refractivity contribution in [1.82, 2.24) is 15.2 Å². The van der Waals surface area contributed by atoms with Crippen molar-refractivity contribution in [2.24, 2.45) is 5.92 Å². The SMILES string of the molecule is C[C@@H](c1ccc[nH]1)N(C)C[C@H]1CCNC1.